The highest BCUT2D eigenvalue weighted by atomic mass is 79.9. The summed E-state index contributed by atoms with van der Waals surface area (Å²) in [7, 11) is 0. The molecule has 13 heavy (non-hydrogen) atoms. The second-order valence-electron chi connectivity index (χ2n) is 2.33. The van der Waals surface area contributed by atoms with Crippen LogP contribution in [0.2, 0.25) is 0 Å². The number of nitrogens with two attached hydrogens (primary N) is 1. The average Bonchev–Trinajstić information content (AvgIpc) is 2.01. The summed E-state index contributed by atoms with van der Waals surface area (Å²) in [5.41, 5.74) is 1.06. The molecule has 0 aliphatic carbocycles. The number of nitrogens with one attached hydrogen (secondary N) is 1. The minimum absolute atomic E-state index is 0.151. The van der Waals surface area contributed by atoms with E-state index in [0.717, 1.165) is 6.07 Å². The molecular formula is C7H6BrF3N2. The molecule has 0 spiro atoms. The lowest BCUT2D eigenvalue weighted by molar-refractivity contribution is -0.137. The molecule has 0 bridgehead atoms. The van der Waals surface area contributed by atoms with E-state index in [9.17, 15) is 13.2 Å². The van der Waals surface area contributed by atoms with Crippen molar-refractivity contribution in [1.29, 1.82) is 0 Å². The Kier molecular flexibility index (Phi) is 2.82. The van der Waals surface area contributed by atoms with E-state index in [1.807, 2.05) is 5.43 Å². The molecule has 72 valence electrons. The number of benzene rings is 1. The van der Waals surface area contributed by atoms with Crippen LogP contribution in [0.5, 0.6) is 0 Å². The Labute approximate surface area is 81.0 Å². The number of hydrazine groups is 1. The topological polar surface area (TPSA) is 38.0 Å². The molecular weight excluding hydrogens is 249 g/mol. The molecule has 6 heteroatoms. The van der Waals surface area contributed by atoms with Crippen LogP contribution in [0, 0.1) is 0 Å². The van der Waals surface area contributed by atoms with Gasteiger partial charge in [-0.25, -0.2) is 0 Å². The van der Waals surface area contributed by atoms with Crippen LogP contribution in [0.25, 0.3) is 0 Å². The number of nitrogen functional groups attached to an aromatic ring is 1. The minimum Gasteiger partial charge on any atom is -0.323 e. The summed E-state index contributed by atoms with van der Waals surface area (Å²) in [6.45, 7) is 0. The van der Waals surface area contributed by atoms with E-state index in [-0.39, 0.29) is 5.69 Å². The normalized spacial score (nSPS) is 11.5. The van der Waals surface area contributed by atoms with Gasteiger partial charge in [-0.1, -0.05) is 15.9 Å². The highest BCUT2D eigenvalue weighted by molar-refractivity contribution is 9.10. The first-order chi connectivity index (χ1) is 5.95. The summed E-state index contributed by atoms with van der Waals surface area (Å²) in [4.78, 5) is 0. The van der Waals surface area contributed by atoms with E-state index < -0.39 is 11.7 Å². The third kappa shape index (κ3) is 2.35. The number of rotatable bonds is 1. The summed E-state index contributed by atoms with van der Waals surface area (Å²) >= 11 is 3.04. The maximum Gasteiger partial charge on any atom is 0.418 e. The smallest absolute Gasteiger partial charge is 0.323 e. The van der Waals surface area contributed by atoms with Crippen molar-refractivity contribution in [2.75, 3.05) is 5.43 Å². The molecule has 1 aromatic rings. The molecule has 0 aliphatic rings. The van der Waals surface area contributed by atoms with Crippen molar-refractivity contribution in [2.24, 2.45) is 5.84 Å². The fourth-order valence-corrected chi connectivity index (χ4v) is 1.24. The molecule has 3 N–H and O–H groups in total. The number of halogens is 4. The monoisotopic (exact) mass is 254 g/mol. The average molecular weight is 255 g/mol. The summed E-state index contributed by atoms with van der Waals surface area (Å²) in [6.07, 6.45) is -4.39. The van der Waals surface area contributed by atoms with Gasteiger partial charge in [0.2, 0.25) is 0 Å². The number of hydrogen-bond donors (Lipinski definition) is 2. The number of anilines is 1. The zero-order chi connectivity index (χ0) is 10.1. The van der Waals surface area contributed by atoms with Gasteiger partial charge in [0.05, 0.1) is 11.3 Å². The molecule has 0 fully saturated rings. The predicted molar refractivity (Wildman–Crippen MR) is 47.0 cm³/mol. The molecule has 0 radical (unpaired) electrons. The van der Waals surface area contributed by atoms with E-state index >= 15 is 0 Å². The van der Waals surface area contributed by atoms with E-state index in [4.69, 9.17) is 5.84 Å². The Morgan fingerprint density at radius 1 is 1.31 bits per heavy atom. The van der Waals surface area contributed by atoms with Crippen LogP contribution in [0.3, 0.4) is 0 Å². The van der Waals surface area contributed by atoms with Crippen molar-refractivity contribution >= 4 is 21.6 Å². The van der Waals surface area contributed by atoms with Gasteiger partial charge in [0.1, 0.15) is 0 Å². The maximum absolute atomic E-state index is 12.3. The molecule has 0 aliphatic heterocycles. The van der Waals surface area contributed by atoms with Crippen LogP contribution in [-0.2, 0) is 6.18 Å². The summed E-state index contributed by atoms with van der Waals surface area (Å²) in [5.74, 6) is 4.95. The lowest BCUT2D eigenvalue weighted by Crippen LogP contribution is -2.14. The molecule has 0 amide bonds. The van der Waals surface area contributed by atoms with Crippen LogP contribution in [0.1, 0.15) is 5.56 Å². The third-order valence-electron chi connectivity index (χ3n) is 1.44. The Morgan fingerprint density at radius 3 is 2.38 bits per heavy atom. The fourth-order valence-electron chi connectivity index (χ4n) is 0.883. The first-order valence-corrected chi connectivity index (χ1v) is 4.08. The maximum atomic E-state index is 12.3. The van der Waals surface area contributed by atoms with E-state index in [0.29, 0.717) is 4.47 Å². The first kappa shape index (κ1) is 10.3. The van der Waals surface area contributed by atoms with Crippen molar-refractivity contribution in [1.82, 2.24) is 0 Å². The first-order valence-electron chi connectivity index (χ1n) is 3.28. The van der Waals surface area contributed by atoms with Crippen molar-refractivity contribution in [3.05, 3.63) is 28.2 Å². The predicted octanol–water partition coefficient (Wildman–Crippen LogP) is 2.75. The van der Waals surface area contributed by atoms with Gasteiger partial charge in [-0.15, -0.1) is 0 Å². The third-order valence-corrected chi connectivity index (χ3v) is 1.94. The van der Waals surface area contributed by atoms with Gasteiger partial charge >= 0.3 is 6.18 Å². The molecule has 0 unspecified atom stereocenters. The lowest BCUT2D eigenvalue weighted by Gasteiger charge is -2.11. The Bertz CT molecular complexity index is 311. The van der Waals surface area contributed by atoms with Crippen molar-refractivity contribution in [3.8, 4) is 0 Å². The van der Waals surface area contributed by atoms with Gasteiger partial charge < -0.3 is 5.43 Å². The molecule has 1 rings (SSSR count). The van der Waals surface area contributed by atoms with Crippen molar-refractivity contribution < 1.29 is 13.2 Å². The molecule has 0 saturated carbocycles. The van der Waals surface area contributed by atoms with Gasteiger partial charge in [0.25, 0.3) is 0 Å². The summed E-state index contributed by atoms with van der Waals surface area (Å²) in [5, 5.41) is 0. The van der Waals surface area contributed by atoms with Crippen LogP contribution < -0.4 is 11.3 Å². The molecule has 0 atom stereocenters. The number of alkyl halides is 3. The SMILES string of the molecule is NNc1cc(Br)ccc1C(F)(F)F. The Morgan fingerprint density at radius 2 is 1.92 bits per heavy atom. The molecule has 0 heterocycles. The van der Waals surface area contributed by atoms with Gasteiger partial charge in [-0.2, -0.15) is 13.2 Å². The zero-order valence-electron chi connectivity index (χ0n) is 6.32. The lowest BCUT2D eigenvalue weighted by atomic mass is 10.2. The Balaban J connectivity index is 3.22. The highest BCUT2D eigenvalue weighted by Crippen LogP contribution is 2.35. The van der Waals surface area contributed by atoms with Crippen LogP contribution in [0.4, 0.5) is 18.9 Å². The van der Waals surface area contributed by atoms with E-state index in [1.54, 1.807) is 0 Å². The summed E-state index contributed by atoms with van der Waals surface area (Å²) in [6, 6.07) is 3.53. The largest absolute Gasteiger partial charge is 0.418 e. The second-order valence-corrected chi connectivity index (χ2v) is 3.25. The Hall–Kier alpha value is -0.750. The van der Waals surface area contributed by atoms with Gasteiger partial charge in [-0.05, 0) is 18.2 Å². The highest BCUT2D eigenvalue weighted by Gasteiger charge is 2.33. The van der Waals surface area contributed by atoms with Crippen LogP contribution in [0.15, 0.2) is 22.7 Å². The molecule has 2 nitrogen and oxygen atoms in total. The van der Waals surface area contributed by atoms with Crippen molar-refractivity contribution in [2.45, 2.75) is 6.18 Å². The van der Waals surface area contributed by atoms with Gasteiger partial charge in [0.15, 0.2) is 0 Å². The molecule has 0 saturated heterocycles. The number of hydrogen-bond acceptors (Lipinski definition) is 2. The fraction of sp³-hybridized carbons (Fsp3) is 0.143. The van der Waals surface area contributed by atoms with Crippen LogP contribution in [-0.4, -0.2) is 0 Å². The second kappa shape index (κ2) is 3.55. The summed E-state index contributed by atoms with van der Waals surface area (Å²) < 4.78 is 37.3. The standard InChI is InChI=1S/C7H6BrF3N2/c8-4-1-2-5(7(9,10)11)6(3-4)13-12/h1-3,13H,12H2. The van der Waals surface area contributed by atoms with E-state index in [2.05, 4.69) is 15.9 Å². The van der Waals surface area contributed by atoms with Crippen molar-refractivity contribution in [3.63, 3.8) is 0 Å². The minimum atomic E-state index is -4.39. The van der Waals surface area contributed by atoms with Gasteiger partial charge in [0, 0.05) is 4.47 Å². The van der Waals surface area contributed by atoms with Crippen LogP contribution >= 0.6 is 15.9 Å². The van der Waals surface area contributed by atoms with E-state index in [1.165, 1.54) is 12.1 Å². The van der Waals surface area contributed by atoms with Gasteiger partial charge in [-0.3, -0.25) is 5.84 Å². The molecule has 0 aromatic heterocycles. The zero-order valence-corrected chi connectivity index (χ0v) is 7.91. The molecule has 1 aromatic carbocycles. The quantitative estimate of drug-likeness (QED) is 0.598.